The van der Waals surface area contributed by atoms with Crippen molar-refractivity contribution in [2.75, 3.05) is 6.61 Å². The lowest BCUT2D eigenvalue weighted by Gasteiger charge is -2.53. The minimum absolute atomic E-state index is 0.0000212. The molecule has 9 aliphatic heterocycles. The second kappa shape index (κ2) is 35.6. The molecule has 0 aliphatic carbocycles. The molecule has 9 saturated heterocycles. The topological polar surface area (TPSA) is 157 Å². The predicted octanol–water partition coefficient (Wildman–Crippen LogP) is 16.9. The number of hydrogen-bond donors (Lipinski definition) is 0. The number of rotatable bonds is 24. The smallest absolute Gasteiger partial charge is 0.184 e. The fraction of sp³-hybridized carbons (Fsp3) is 1.00. The zero-order chi connectivity index (χ0) is 72.7. The maximum absolute atomic E-state index is 7.68. The van der Waals surface area contributed by atoms with Crippen molar-refractivity contribution in [3.63, 3.8) is 0 Å². The van der Waals surface area contributed by atoms with Crippen molar-refractivity contribution in [2.45, 2.75) is 400 Å². The van der Waals surface area contributed by atoms with Crippen LogP contribution >= 0.6 is 0 Å². The first-order chi connectivity index (χ1) is 46.9. The van der Waals surface area contributed by atoms with Crippen LogP contribution in [0.1, 0.15) is 246 Å². The van der Waals surface area contributed by atoms with Crippen molar-refractivity contribution in [2.24, 2.45) is 118 Å². The van der Waals surface area contributed by atoms with Crippen LogP contribution < -0.4 is 0 Å². The van der Waals surface area contributed by atoms with Crippen LogP contribution in [0.25, 0.3) is 0 Å². The Hall–Kier alpha value is -0.680. The summed E-state index contributed by atoms with van der Waals surface area (Å²) in [7, 11) is 0. The molecule has 9 aliphatic rings. The minimum Gasteiger partial charge on any atom is -0.372 e. The van der Waals surface area contributed by atoms with Crippen LogP contribution in [0.3, 0.4) is 0 Å². The van der Waals surface area contributed by atoms with Gasteiger partial charge in [0.2, 0.25) is 0 Å². The van der Waals surface area contributed by atoms with E-state index >= 15 is 0 Å². The summed E-state index contributed by atoms with van der Waals surface area (Å²) in [6.07, 6.45) is -1.26. The van der Waals surface area contributed by atoms with E-state index in [4.69, 9.17) is 80.5 Å². The molecule has 17 heteroatoms. The van der Waals surface area contributed by atoms with Crippen LogP contribution in [0.5, 0.6) is 0 Å². The van der Waals surface area contributed by atoms with E-state index in [1.54, 1.807) is 0 Å². The van der Waals surface area contributed by atoms with Crippen LogP contribution in [0.15, 0.2) is 0 Å². The fourth-order valence-electron chi connectivity index (χ4n) is 19.0. The van der Waals surface area contributed by atoms with Gasteiger partial charge < -0.3 is 80.5 Å². The average Bonchev–Trinajstić information content (AvgIpc) is 0.774. The zero-order valence-electron chi connectivity index (χ0n) is 67.6. The molecule has 578 valence electrons. The van der Waals surface area contributed by atoms with Crippen molar-refractivity contribution in [1.29, 1.82) is 0 Å². The highest BCUT2D eigenvalue weighted by Gasteiger charge is 2.56. The molecule has 9 heterocycles. The highest BCUT2D eigenvalue weighted by Crippen LogP contribution is 2.49. The van der Waals surface area contributed by atoms with Gasteiger partial charge in [0.1, 0.15) is 12.2 Å². The second-order valence-corrected chi connectivity index (χ2v) is 34.5. The Morgan fingerprint density at radius 2 is 0.414 bits per heavy atom. The summed E-state index contributed by atoms with van der Waals surface area (Å²) in [5.41, 5.74) is 0. The van der Waals surface area contributed by atoms with Gasteiger partial charge in [0.25, 0.3) is 0 Å². The highest BCUT2D eigenvalue weighted by molar-refractivity contribution is 4.98. The van der Waals surface area contributed by atoms with Crippen molar-refractivity contribution < 1.29 is 80.5 Å². The number of ether oxygens (including phenoxy) is 17. The summed E-state index contributed by atoms with van der Waals surface area (Å²) in [6, 6.07) is 0. The molecule has 0 aromatic heterocycles. The van der Waals surface area contributed by atoms with Crippen molar-refractivity contribution in [1.82, 2.24) is 0 Å². The lowest BCUT2D eigenvalue weighted by Crippen LogP contribution is -2.61. The minimum atomic E-state index is -0.738. The predicted molar refractivity (Wildman–Crippen MR) is 385 cm³/mol. The van der Waals surface area contributed by atoms with E-state index in [1.807, 2.05) is 0 Å². The van der Waals surface area contributed by atoms with Crippen LogP contribution in [0, 0.1) is 118 Å². The lowest BCUT2D eigenvalue weighted by atomic mass is 9.78. The van der Waals surface area contributed by atoms with Crippen LogP contribution in [0.4, 0.5) is 0 Å². The molecule has 18 unspecified atom stereocenters. The first-order valence-corrected chi connectivity index (χ1v) is 41.0. The van der Waals surface area contributed by atoms with Crippen molar-refractivity contribution in [3.8, 4) is 0 Å². The Balaban J connectivity index is 0.977. The Morgan fingerprint density at radius 3 is 0.788 bits per heavy atom. The summed E-state index contributed by atoms with van der Waals surface area (Å²) in [5.74, 6) is 3.32. The third kappa shape index (κ3) is 17.3. The maximum atomic E-state index is 7.68. The van der Waals surface area contributed by atoms with Gasteiger partial charge in [0.15, 0.2) is 50.3 Å². The van der Waals surface area contributed by atoms with Gasteiger partial charge in [-0.05, 0) is 136 Å². The summed E-state index contributed by atoms with van der Waals surface area (Å²) in [4.78, 5) is 0. The van der Waals surface area contributed by atoms with Crippen LogP contribution in [-0.4, -0.2) is 161 Å². The molecule has 9 rings (SSSR count). The molecule has 99 heavy (non-hydrogen) atoms. The van der Waals surface area contributed by atoms with Crippen molar-refractivity contribution in [3.05, 3.63) is 0 Å². The Morgan fingerprint density at radius 1 is 0.172 bits per heavy atom. The standard InChI is InChI=1S/C82H148O17/c1-30-60-42(12)38(8)51(21)75(86-60)95-70-49(19)54(24)78(90-64(70)34-5)98-73-47(17)44(14)62(32-3)88-81(73)83-37-67-56(26)68(57(27)80(92-67)97-72-48(18)53(23)77(89-66(72)36-7)94-69-45(15)40(10)58(28)84-63(69)33-4)93-82-74(46(16)41(11)59(29)85-82)99-79-55(25)50(20)71(65(35-6)91-79)96-76-52(22)39(9)43(13)61(31-2)87-76/h38-82H,30-37H2,1-29H3/t38-,39-,40?,41-,42+,43+,44+,45+,46?,47-,48+,49?,50+,51?,52?,53?,54?,55?,56-,57?,58-,59+,60?,61?,62?,63?,64+,65?,66?,67?,68-,69+,70-,71+,72+,73?,74?,75-,76-,77-,78+,79-,80-,81+,82+/m0/s1. The average molecular weight is 1410 g/mol. The Kier molecular flexibility index (Phi) is 29.6. The van der Waals surface area contributed by atoms with Crippen LogP contribution in [-0.2, 0) is 80.5 Å². The monoisotopic (exact) mass is 1410 g/mol. The normalized spacial score (nSPS) is 54.1. The van der Waals surface area contributed by atoms with E-state index in [0.717, 1.165) is 44.9 Å². The van der Waals surface area contributed by atoms with Gasteiger partial charge >= 0.3 is 0 Å². The van der Waals surface area contributed by atoms with Gasteiger partial charge in [0.05, 0.1) is 98.2 Å². The molecule has 0 saturated carbocycles. The Bertz CT molecular complexity index is 2400. The summed E-state index contributed by atoms with van der Waals surface area (Å²) in [5, 5.41) is 0. The third-order valence-electron chi connectivity index (χ3n) is 29.0. The van der Waals surface area contributed by atoms with E-state index in [2.05, 4.69) is 201 Å². The molecule has 0 bridgehead atoms. The molecule has 45 atom stereocenters. The van der Waals surface area contributed by atoms with E-state index in [0.29, 0.717) is 35.5 Å². The first-order valence-electron chi connectivity index (χ1n) is 41.0. The Labute approximate surface area is 602 Å². The molecule has 0 aromatic rings. The third-order valence-corrected chi connectivity index (χ3v) is 29.0. The van der Waals surface area contributed by atoms with Gasteiger partial charge in [-0.15, -0.1) is 0 Å². The summed E-state index contributed by atoms with van der Waals surface area (Å²) >= 11 is 0. The highest BCUT2D eigenvalue weighted by atomic mass is 16.8. The van der Waals surface area contributed by atoms with Gasteiger partial charge in [-0.3, -0.25) is 0 Å². The molecule has 0 amide bonds. The molecule has 0 radical (unpaired) electrons. The molecule has 0 N–H and O–H groups in total. The molecular formula is C82H148O17. The number of hydrogen-bond acceptors (Lipinski definition) is 17. The van der Waals surface area contributed by atoms with E-state index in [9.17, 15) is 0 Å². The van der Waals surface area contributed by atoms with Crippen LogP contribution in [0.2, 0.25) is 0 Å². The van der Waals surface area contributed by atoms with E-state index in [1.165, 1.54) is 0 Å². The molecule has 17 nitrogen and oxygen atoms in total. The van der Waals surface area contributed by atoms with Crippen molar-refractivity contribution >= 4 is 0 Å². The molecule has 9 fully saturated rings. The largest absolute Gasteiger partial charge is 0.372 e. The SMILES string of the molecule is CCC1O[C@@H](O[C@H]2C(CC)O[C@@H](OC3C(C)[C@H](C)[C@@H](C)O[C@@H]3O[C@@H]3C(C)[C@H](O[C@H]4C(CC)O[C@@H](O[C@H]5C(CC)O[C@@H](C)C(C)[C@H]5C)C(C)[C@H]4C)OC(CO[C@@H]4OC(CC)[C@H](C)[C@H](C)C4O[C@H]4O[C@H](CC)[C@@H](O[C@@H]5OC(CC)[C@H](C)[C@H](C)C5C)C(C)C4C)[C@@H]3C)C(C)[C@H]2C)C(C)[C@@H](C)[C@H]1C. The van der Waals surface area contributed by atoms with E-state index in [-0.39, 0.29) is 181 Å². The maximum Gasteiger partial charge on any atom is 0.184 e. The van der Waals surface area contributed by atoms with Gasteiger partial charge in [-0.1, -0.05) is 187 Å². The first kappa shape index (κ1) is 82.4. The lowest BCUT2D eigenvalue weighted by molar-refractivity contribution is -0.381. The van der Waals surface area contributed by atoms with Gasteiger partial charge in [-0.25, -0.2) is 0 Å². The second-order valence-electron chi connectivity index (χ2n) is 34.5. The fourth-order valence-corrected chi connectivity index (χ4v) is 19.0. The van der Waals surface area contributed by atoms with Gasteiger partial charge in [0, 0.05) is 41.4 Å². The summed E-state index contributed by atoms with van der Waals surface area (Å²) in [6.45, 7) is 65.6. The molecule has 0 spiro atoms. The zero-order valence-corrected chi connectivity index (χ0v) is 67.6. The van der Waals surface area contributed by atoms with E-state index < -0.39 is 62.2 Å². The quantitative estimate of drug-likeness (QED) is 0.0898. The van der Waals surface area contributed by atoms with Gasteiger partial charge in [-0.2, -0.15) is 0 Å². The molecule has 0 aromatic carbocycles. The summed E-state index contributed by atoms with van der Waals surface area (Å²) < 4.78 is 122. The molecular weight excluding hydrogens is 1260 g/mol.